The van der Waals surface area contributed by atoms with E-state index >= 15 is 0 Å². The van der Waals surface area contributed by atoms with Gasteiger partial charge in [0, 0.05) is 24.5 Å². The molecule has 5 heteroatoms. The first-order valence-corrected chi connectivity index (χ1v) is 7.36. The fraction of sp³-hybridized carbons (Fsp3) is 0.867. The molecule has 0 saturated carbocycles. The lowest BCUT2D eigenvalue weighted by Gasteiger charge is -2.39. The van der Waals surface area contributed by atoms with Crippen molar-refractivity contribution in [3.63, 3.8) is 0 Å². The highest BCUT2D eigenvalue weighted by molar-refractivity contribution is 5.81. The van der Waals surface area contributed by atoms with Crippen LogP contribution in [0.2, 0.25) is 0 Å². The molecule has 0 aromatic rings. The number of piperidine rings is 1. The SMILES string of the molecule is CCC(O)C1CC(NC(=O)C(C)(C)C)CN(CC#N)C1. The number of carbonyl (C=O) groups excluding carboxylic acids is 1. The normalized spacial score (nSPS) is 25.8. The molecule has 0 radical (unpaired) electrons. The summed E-state index contributed by atoms with van der Waals surface area (Å²) in [6, 6.07) is 2.16. The minimum atomic E-state index is -0.420. The first-order chi connectivity index (χ1) is 9.27. The quantitative estimate of drug-likeness (QED) is 0.758. The maximum Gasteiger partial charge on any atom is 0.225 e. The van der Waals surface area contributed by atoms with Crippen molar-refractivity contribution in [1.29, 1.82) is 5.26 Å². The van der Waals surface area contributed by atoms with Crippen molar-refractivity contribution in [3.05, 3.63) is 0 Å². The number of nitrogens with zero attached hydrogens (tertiary/aromatic N) is 2. The number of hydrogen-bond acceptors (Lipinski definition) is 4. The van der Waals surface area contributed by atoms with E-state index < -0.39 is 5.41 Å². The number of carbonyl (C=O) groups is 1. The van der Waals surface area contributed by atoms with Crippen LogP contribution < -0.4 is 5.32 Å². The Bertz CT molecular complexity index is 370. The van der Waals surface area contributed by atoms with Gasteiger partial charge in [-0.3, -0.25) is 9.69 Å². The number of aliphatic hydroxyl groups is 1. The van der Waals surface area contributed by atoms with Crippen molar-refractivity contribution >= 4 is 5.91 Å². The van der Waals surface area contributed by atoms with Crippen LogP contribution in [0.5, 0.6) is 0 Å². The van der Waals surface area contributed by atoms with Crippen LogP contribution in [0.25, 0.3) is 0 Å². The Balaban J connectivity index is 2.70. The monoisotopic (exact) mass is 281 g/mol. The van der Waals surface area contributed by atoms with Crippen LogP contribution >= 0.6 is 0 Å². The summed E-state index contributed by atoms with van der Waals surface area (Å²) in [6.45, 7) is 9.36. The van der Waals surface area contributed by atoms with Crippen molar-refractivity contribution in [2.45, 2.75) is 52.7 Å². The van der Waals surface area contributed by atoms with Crippen LogP contribution in [0, 0.1) is 22.7 Å². The number of likely N-dealkylation sites (tertiary alicyclic amines) is 1. The van der Waals surface area contributed by atoms with E-state index in [1.54, 1.807) is 0 Å². The molecule has 0 bridgehead atoms. The number of hydrogen-bond donors (Lipinski definition) is 2. The van der Waals surface area contributed by atoms with Gasteiger partial charge in [-0.25, -0.2) is 0 Å². The summed E-state index contributed by atoms with van der Waals surface area (Å²) in [5.41, 5.74) is -0.420. The Morgan fingerprint density at radius 2 is 2.15 bits per heavy atom. The molecule has 114 valence electrons. The molecule has 0 aromatic heterocycles. The summed E-state index contributed by atoms with van der Waals surface area (Å²) in [5.74, 6) is 0.137. The van der Waals surface area contributed by atoms with Gasteiger partial charge in [-0.15, -0.1) is 0 Å². The van der Waals surface area contributed by atoms with Crippen LogP contribution in [-0.4, -0.2) is 47.7 Å². The van der Waals surface area contributed by atoms with Gasteiger partial charge in [0.05, 0.1) is 18.7 Å². The second-order valence-corrected chi connectivity index (χ2v) is 6.74. The highest BCUT2D eigenvalue weighted by Crippen LogP contribution is 2.23. The Morgan fingerprint density at radius 1 is 1.50 bits per heavy atom. The van der Waals surface area contributed by atoms with Crippen molar-refractivity contribution in [3.8, 4) is 6.07 Å². The van der Waals surface area contributed by atoms with Gasteiger partial charge in [-0.1, -0.05) is 27.7 Å². The summed E-state index contributed by atoms with van der Waals surface area (Å²) in [4.78, 5) is 14.1. The first-order valence-electron chi connectivity index (χ1n) is 7.36. The van der Waals surface area contributed by atoms with E-state index in [2.05, 4.69) is 11.4 Å². The van der Waals surface area contributed by atoms with E-state index in [4.69, 9.17) is 5.26 Å². The van der Waals surface area contributed by atoms with E-state index in [1.165, 1.54) is 0 Å². The molecule has 20 heavy (non-hydrogen) atoms. The fourth-order valence-corrected chi connectivity index (χ4v) is 2.58. The predicted octanol–water partition coefficient (Wildman–Crippen LogP) is 1.13. The predicted molar refractivity (Wildman–Crippen MR) is 77.8 cm³/mol. The van der Waals surface area contributed by atoms with Gasteiger partial charge in [0.1, 0.15) is 0 Å². The number of nitriles is 1. The Morgan fingerprint density at radius 3 is 2.65 bits per heavy atom. The highest BCUT2D eigenvalue weighted by atomic mass is 16.3. The Hall–Kier alpha value is -1.12. The molecule has 1 fully saturated rings. The zero-order valence-electron chi connectivity index (χ0n) is 13.0. The van der Waals surface area contributed by atoms with Crippen LogP contribution in [-0.2, 0) is 4.79 Å². The van der Waals surface area contributed by atoms with Gasteiger partial charge in [-0.05, 0) is 18.8 Å². The topological polar surface area (TPSA) is 76.4 Å². The Labute approximate surface area is 122 Å². The van der Waals surface area contributed by atoms with Crippen LogP contribution in [0.4, 0.5) is 0 Å². The standard InChI is InChI=1S/C15H27N3O2/c1-5-13(19)11-8-12(10-18(9-11)7-6-16)17-14(20)15(2,3)4/h11-13,19H,5,7-10H2,1-4H3,(H,17,20). The molecular formula is C15H27N3O2. The minimum absolute atomic E-state index is 0.00928. The van der Waals surface area contributed by atoms with Crippen molar-refractivity contribution < 1.29 is 9.90 Å². The van der Waals surface area contributed by atoms with E-state index in [1.807, 2.05) is 32.6 Å². The molecule has 2 N–H and O–H groups in total. The average Bonchev–Trinajstić information content (AvgIpc) is 2.36. The molecule has 1 heterocycles. The molecule has 1 aliphatic heterocycles. The number of aliphatic hydroxyl groups excluding tert-OH is 1. The van der Waals surface area contributed by atoms with Gasteiger partial charge in [0.25, 0.3) is 0 Å². The van der Waals surface area contributed by atoms with Gasteiger partial charge >= 0.3 is 0 Å². The lowest BCUT2D eigenvalue weighted by Crippen LogP contribution is -2.54. The average molecular weight is 281 g/mol. The van der Waals surface area contributed by atoms with E-state index in [0.29, 0.717) is 19.5 Å². The zero-order chi connectivity index (χ0) is 15.3. The van der Waals surface area contributed by atoms with Gasteiger partial charge < -0.3 is 10.4 Å². The van der Waals surface area contributed by atoms with E-state index in [9.17, 15) is 9.90 Å². The smallest absolute Gasteiger partial charge is 0.225 e. The second-order valence-electron chi connectivity index (χ2n) is 6.74. The molecule has 3 atom stereocenters. The van der Waals surface area contributed by atoms with Crippen molar-refractivity contribution in [2.75, 3.05) is 19.6 Å². The number of amides is 1. The van der Waals surface area contributed by atoms with Crippen LogP contribution in [0.3, 0.4) is 0 Å². The zero-order valence-corrected chi connectivity index (χ0v) is 13.0. The Kier molecular flexibility index (Phi) is 5.97. The molecule has 0 aromatic carbocycles. The third-order valence-corrected chi connectivity index (χ3v) is 3.83. The van der Waals surface area contributed by atoms with Gasteiger partial charge in [0.15, 0.2) is 0 Å². The third-order valence-electron chi connectivity index (χ3n) is 3.83. The maximum atomic E-state index is 12.1. The minimum Gasteiger partial charge on any atom is -0.393 e. The lowest BCUT2D eigenvalue weighted by atomic mass is 9.87. The molecule has 3 unspecified atom stereocenters. The van der Waals surface area contributed by atoms with Crippen LogP contribution in [0.15, 0.2) is 0 Å². The fourth-order valence-electron chi connectivity index (χ4n) is 2.58. The summed E-state index contributed by atoms with van der Waals surface area (Å²) >= 11 is 0. The molecule has 1 amide bonds. The molecule has 5 nitrogen and oxygen atoms in total. The lowest BCUT2D eigenvalue weighted by molar-refractivity contribution is -0.130. The molecular weight excluding hydrogens is 254 g/mol. The van der Waals surface area contributed by atoms with Crippen molar-refractivity contribution in [2.24, 2.45) is 11.3 Å². The second kappa shape index (κ2) is 7.05. The van der Waals surface area contributed by atoms with E-state index in [0.717, 1.165) is 13.0 Å². The largest absolute Gasteiger partial charge is 0.393 e. The summed E-state index contributed by atoms with van der Waals surface area (Å²) in [7, 11) is 0. The third kappa shape index (κ3) is 4.77. The van der Waals surface area contributed by atoms with Crippen molar-refractivity contribution in [1.82, 2.24) is 10.2 Å². The summed E-state index contributed by atoms with van der Waals surface area (Å²) < 4.78 is 0. The number of rotatable bonds is 4. The summed E-state index contributed by atoms with van der Waals surface area (Å²) in [6.07, 6.45) is 1.11. The van der Waals surface area contributed by atoms with Gasteiger partial charge in [0.2, 0.25) is 5.91 Å². The highest BCUT2D eigenvalue weighted by Gasteiger charge is 2.33. The van der Waals surface area contributed by atoms with E-state index in [-0.39, 0.29) is 24.0 Å². The van der Waals surface area contributed by atoms with Crippen LogP contribution in [0.1, 0.15) is 40.5 Å². The summed E-state index contributed by atoms with van der Waals surface area (Å²) in [5, 5.41) is 22.0. The molecule has 1 saturated heterocycles. The van der Waals surface area contributed by atoms with Gasteiger partial charge in [-0.2, -0.15) is 5.26 Å². The number of nitrogens with one attached hydrogen (secondary N) is 1. The molecule has 1 rings (SSSR count). The maximum absolute atomic E-state index is 12.1. The molecule has 0 spiro atoms. The first kappa shape index (κ1) is 16.9. The molecule has 0 aliphatic carbocycles. The molecule has 1 aliphatic rings.